The van der Waals surface area contributed by atoms with Crippen LogP contribution in [0.15, 0.2) is 47.1 Å². The van der Waals surface area contributed by atoms with Crippen molar-refractivity contribution in [3.05, 3.63) is 63.9 Å². The second-order valence-electron chi connectivity index (χ2n) is 6.47. The Kier molecular flexibility index (Phi) is 6.60. The van der Waals surface area contributed by atoms with Crippen LogP contribution in [0.25, 0.3) is 0 Å². The summed E-state index contributed by atoms with van der Waals surface area (Å²) < 4.78 is 59.5. The zero-order valence-electron chi connectivity index (χ0n) is 14.3. The monoisotopic (exact) mass is 450 g/mol. The molecule has 0 spiro atoms. The van der Waals surface area contributed by atoms with E-state index in [9.17, 15) is 17.4 Å². The van der Waals surface area contributed by atoms with Crippen molar-refractivity contribution in [2.24, 2.45) is 0 Å². The first kappa shape index (κ1) is 21.0. The number of nitrogens with one attached hydrogen (secondary N) is 1. The molecule has 1 aromatic heterocycles. The molecule has 2 aromatic rings. The summed E-state index contributed by atoms with van der Waals surface area (Å²) in [4.78, 5) is 4.25. The molecule has 0 bridgehead atoms. The van der Waals surface area contributed by atoms with Crippen molar-refractivity contribution < 1.29 is 21.6 Å². The molecule has 4 nitrogen and oxygen atoms in total. The van der Waals surface area contributed by atoms with E-state index in [2.05, 4.69) is 25.6 Å². The summed E-state index contributed by atoms with van der Waals surface area (Å²) in [6.45, 7) is 5.24. The largest absolute Gasteiger partial charge is 0.416 e. The third-order valence-corrected chi connectivity index (χ3v) is 4.92. The Labute approximate surface area is 161 Å². The molecule has 0 aliphatic carbocycles. The number of hydrogen-bond donors (Lipinski definition) is 1. The summed E-state index contributed by atoms with van der Waals surface area (Å²) in [5.41, 5.74) is -0.460. The number of halogens is 4. The van der Waals surface area contributed by atoms with E-state index in [4.69, 9.17) is 4.18 Å². The van der Waals surface area contributed by atoms with Gasteiger partial charge in [-0.05, 0) is 66.5 Å². The van der Waals surface area contributed by atoms with Crippen LogP contribution in [0.3, 0.4) is 0 Å². The molecule has 2 atom stereocenters. The summed E-state index contributed by atoms with van der Waals surface area (Å²) >= 11 is 1.49. The minimum Gasteiger partial charge on any atom is -0.272 e. The number of hydrogen-bond acceptors (Lipinski definition) is 3. The lowest BCUT2D eigenvalue weighted by molar-refractivity contribution is -0.137. The van der Waals surface area contributed by atoms with Gasteiger partial charge < -0.3 is 0 Å². The van der Waals surface area contributed by atoms with E-state index in [1.54, 1.807) is 39.1 Å². The van der Waals surface area contributed by atoms with E-state index in [0.717, 1.165) is 12.1 Å². The maximum atomic E-state index is 12.8. The van der Waals surface area contributed by atoms with E-state index in [1.807, 2.05) is 0 Å². The molecular weight excluding hydrogens is 433 g/mol. The number of benzene rings is 1. The molecule has 0 saturated carbocycles. The molecule has 0 saturated heterocycles. The van der Waals surface area contributed by atoms with Gasteiger partial charge in [-0.2, -0.15) is 13.2 Å². The van der Waals surface area contributed by atoms with Gasteiger partial charge in [-0.1, -0.05) is 12.1 Å². The van der Waals surface area contributed by atoms with Crippen LogP contribution in [-0.2, 0) is 21.6 Å². The Bertz CT molecular complexity index is 777. The van der Waals surface area contributed by atoms with Gasteiger partial charge in [0, 0.05) is 10.7 Å². The average molecular weight is 451 g/mol. The quantitative estimate of drug-likeness (QED) is 0.701. The molecular formula is C17H18BrF3N2O2S. The third-order valence-electron chi connectivity index (χ3n) is 3.17. The van der Waals surface area contributed by atoms with Crippen LogP contribution < -0.4 is 4.72 Å². The van der Waals surface area contributed by atoms with Crippen molar-refractivity contribution in [2.75, 3.05) is 0 Å². The van der Waals surface area contributed by atoms with Gasteiger partial charge >= 0.3 is 6.18 Å². The van der Waals surface area contributed by atoms with E-state index in [-0.39, 0.29) is 0 Å². The van der Waals surface area contributed by atoms with Gasteiger partial charge in [0.05, 0.1) is 22.9 Å². The van der Waals surface area contributed by atoms with Crippen LogP contribution in [0.5, 0.6) is 0 Å². The van der Waals surface area contributed by atoms with Crippen LogP contribution in [0.1, 0.15) is 43.6 Å². The van der Waals surface area contributed by atoms with Crippen molar-refractivity contribution in [3.63, 3.8) is 0 Å². The minimum atomic E-state index is -4.43. The van der Waals surface area contributed by atoms with E-state index < -0.39 is 34.6 Å². The van der Waals surface area contributed by atoms with Crippen molar-refractivity contribution in [1.82, 2.24) is 9.71 Å². The van der Waals surface area contributed by atoms with E-state index >= 15 is 0 Å². The lowest BCUT2D eigenvalue weighted by Crippen LogP contribution is -2.32. The maximum absolute atomic E-state index is 12.8. The Morgan fingerprint density at radius 2 is 1.77 bits per heavy atom. The molecule has 1 unspecified atom stereocenters. The van der Waals surface area contributed by atoms with Crippen molar-refractivity contribution in [3.8, 4) is 0 Å². The Balaban J connectivity index is 2.38. The van der Waals surface area contributed by atoms with Gasteiger partial charge in [-0.15, -0.1) is 0 Å². The predicted molar refractivity (Wildman–Crippen MR) is 97.3 cm³/mol. The second-order valence-corrected chi connectivity index (χ2v) is 8.20. The predicted octanol–water partition coefficient (Wildman–Crippen LogP) is 4.94. The third kappa shape index (κ3) is 5.87. The molecule has 0 amide bonds. The minimum absolute atomic E-state index is 0.475. The molecule has 0 radical (unpaired) electrons. The van der Waals surface area contributed by atoms with Crippen LogP contribution in [0.4, 0.5) is 13.2 Å². The number of nitrogens with zero attached hydrogens (tertiary/aromatic N) is 1. The summed E-state index contributed by atoms with van der Waals surface area (Å²) in [5.74, 6) is 0. The maximum Gasteiger partial charge on any atom is 0.416 e. The molecule has 0 aliphatic heterocycles. The summed E-state index contributed by atoms with van der Waals surface area (Å²) in [7, 11) is 0. The highest BCUT2D eigenvalue weighted by atomic mass is 79.9. The zero-order valence-corrected chi connectivity index (χ0v) is 16.7. The highest BCUT2D eigenvalue weighted by molar-refractivity contribution is 9.10. The molecule has 26 heavy (non-hydrogen) atoms. The first-order valence-corrected chi connectivity index (χ1v) is 9.49. The summed E-state index contributed by atoms with van der Waals surface area (Å²) in [5, 5.41) is 0. The van der Waals surface area contributed by atoms with Crippen LogP contribution in [0, 0.1) is 0 Å². The molecule has 9 heteroatoms. The fraction of sp³-hybridized carbons (Fsp3) is 0.353. The first-order chi connectivity index (χ1) is 12.0. The van der Waals surface area contributed by atoms with Gasteiger partial charge in [-0.3, -0.25) is 9.17 Å². The van der Waals surface area contributed by atoms with Crippen molar-refractivity contribution in [2.45, 2.75) is 38.6 Å². The SMILES string of the molecule is CC(C)(C)OS(=O)N[C@@H](c1ccc(C(F)(F)F)cc1)c1ncccc1Br. The molecule has 142 valence electrons. The lowest BCUT2D eigenvalue weighted by Gasteiger charge is -2.23. The standard InChI is InChI=1S/C17H18BrF3N2O2S/c1-16(2,3)25-26(24)23-14(15-13(18)5-4-10-22-15)11-6-8-12(9-7-11)17(19,20)21/h4-10,14,23H,1-3H3/t14-,26?/m0/s1. The molecule has 0 aliphatic rings. The van der Waals surface area contributed by atoms with Gasteiger partial charge in [0.15, 0.2) is 0 Å². The highest BCUT2D eigenvalue weighted by Gasteiger charge is 2.31. The Morgan fingerprint density at radius 1 is 1.15 bits per heavy atom. The molecule has 2 rings (SSSR count). The van der Waals surface area contributed by atoms with Gasteiger partial charge in [0.25, 0.3) is 0 Å². The van der Waals surface area contributed by atoms with Crippen LogP contribution in [0.2, 0.25) is 0 Å². The van der Waals surface area contributed by atoms with Gasteiger partial charge in [-0.25, -0.2) is 8.93 Å². The van der Waals surface area contributed by atoms with Gasteiger partial charge in [0.1, 0.15) is 0 Å². The number of alkyl halides is 3. The highest BCUT2D eigenvalue weighted by Crippen LogP contribution is 2.32. The average Bonchev–Trinajstić information content (AvgIpc) is 2.51. The van der Waals surface area contributed by atoms with E-state index in [0.29, 0.717) is 15.7 Å². The second kappa shape index (κ2) is 8.16. The van der Waals surface area contributed by atoms with Crippen LogP contribution in [-0.4, -0.2) is 14.8 Å². The fourth-order valence-corrected chi connectivity index (χ4v) is 3.53. The summed E-state index contributed by atoms with van der Waals surface area (Å²) in [6.07, 6.45) is -2.88. The molecule has 1 aromatic carbocycles. The normalized spacial score (nSPS) is 14.9. The van der Waals surface area contributed by atoms with Crippen molar-refractivity contribution >= 4 is 27.2 Å². The summed E-state index contributed by atoms with van der Waals surface area (Å²) in [6, 6.07) is 7.35. The lowest BCUT2D eigenvalue weighted by atomic mass is 10.0. The topological polar surface area (TPSA) is 51.2 Å². The first-order valence-electron chi connectivity index (χ1n) is 7.62. The number of rotatable bonds is 5. The molecule has 0 fully saturated rings. The number of aromatic nitrogens is 1. The van der Waals surface area contributed by atoms with Crippen LogP contribution >= 0.6 is 15.9 Å². The van der Waals surface area contributed by atoms with Crippen molar-refractivity contribution in [1.29, 1.82) is 0 Å². The molecule has 1 heterocycles. The molecule has 1 N–H and O–H groups in total. The Hall–Kier alpha value is -1.29. The van der Waals surface area contributed by atoms with E-state index in [1.165, 1.54) is 12.1 Å². The zero-order chi connectivity index (χ0) is 19.5. The Morgan fingerprint density at radius 3 is 2.27 bits per heavy atom. The smallest absolute Gasteiger partial charge is 0.272 e. The van der Waals surface area contributed by atoms with Gasteiger partial charge in [0.2, 0.25) is 11.3 Å². The fourth-order valence-electron chi connectivity index (χ4n) is 2.10. The number of pyridine rings is 1.